The second-order valence-electron chi connectivity index (χ2n) is 8.41. The molecule has 3 heterocycles. The molecule has 0 spiro atoms. The Balaban J connectivity index is 1.71. The lowest BCUT2D eigenvalue weighted by Crippen LogP contribution is -2.45. The van der Waals surface area contributed by atoms with Gasteiger partial charge in [-0.3, -0.25) is 23.5 Å². The van der Waals surface area contributed by atoms with Gasteiger partial charge in [0.2, 0.25) is 0 Å². The average molecular weight is 470 g/mol. The monoisotopic (exact) mass is 469 g/mol. The predicted octanol–water partition coefficient (Wildman–Crippen LogP) is -1.35. The number of ether oxygens (including phenoxy) is 1. The van der Waals surface area contributed by atoms with Gasteiger partial charge < -0.3 is 14.2 Å². The third kappa shape index (κ3) is 4.76. The smallest absolute Gasteiger partial charge is 0.332 e. The number of carbonyl (C=O) groups is 2. The van der Waals surface area contributed by atoms with Crippen LogP contribution in [0.15, 0.2) is 15.9 Å². The van der Waals surface area contributed by atoms with Gasteiger partial charge in [-0.2, -0.15) is 0 Å². The van der Waals surface area contributed by atoms with Crippen molar-refractivity contribution in [3.05, 3.63) is 27.2 Å². The van der Waals surface area contributed by atoms with Gasteiger partial charge in [0, 0.05) is 26.7 Å². The number of aryl methyl sites for hydroxylation is 1. The van der Waals surface area contributed by atoms with Crippen LogP contribution in [-0.2, 0) is 44.8 Å². The van der Waals surface area contributed by atoms with Crippen molar-refractivity contribution in [1.29, 1.82) is 0 Å². The zero-order valence-electron chi connectivity index (χ0n) is 18.5. The fraction of sp³-hybridized carbons (Fsp3) is 0.632. The van der Waals surface area contributed by atoms with Gasteiger partial charge in [0.15, 0.2) is 27.6 Å². The highest BCUT2D eigenvalue weighted by atomic mass is 32.2. The number of hydrogen-bond donors (Lipinski definition) is 0. The molecule has 1 amide bonds. The van der Waals surface area contributed by atoms with E-state index in [4.69, 9.17) is 4.74 Å². The molecule has 3 rings (SSSR count). The summed E-state index contributed by atoms with van der Waals surface area (Å²) >= 11 is 0. The van der Waals surface area contributed by atoms with Gasteiger partial charge in [-0.15, -0.1) is 0 Å². The van der Waals surface area contributed by atoms with Gasteiger partial charge in [-0.05, 0) is 12.3 Å². The second kappa shape index (κ2) is 8.88. The lowest BCUT2D eigenvalue weighted by molar-refractivity contribution is -0.153. The van der Waals surface area contributed by atoms with Crippen molar-refractivity contribution in [3.63, 3.8) is 0 Å². The van der Waals surface area contributed by atoms with Crippen LogP contribution in [0, 0.1) is 5.92 Å². The lowest BCUT2D eigenvalue weighted by atomic mass is 10.1. The summed E-state index contributed by atoms with van der Waals surface area (Å²) in [4.78, 5) is 55.0. The maximum atomic E-state index is 12.7. The van der Waals surface area contributed by atoms with Gasteiger partial charge in [-0.25, -0.2) is 18.2 Å². The Bertz CT molecular complexity index is 1270. The van der Waals surface area contributed by atoms with E-state index in [2.05, 4.69) is 4.98 Å². The first-order valence-electron chi connectivity index (χ1n) is 10.2. The maximum Gasteiger partial charge on any atom is 0.332 e. The Morgan fingerprint density at radius 1 is 1.25 bits per heavy atom. The largest absolute Gasteiger partial charge is 0.454 e. The molecule has 1 aliphatic heterocycles. The number of hydrogen-bond acceptors (Lipinski definition) is 8. The summed E-state index contributed by atoms with van der Waals surface area (Å²) in [6.07, 6.45) is 1.61. The fourth-order valence-corrected chi connectivity index (χ4v) is 5.53. The van der Waals surface area contributed by atoms with Gasteiger partial charge in [0.05, 0.1) is 17.8 Å². The quantitative estimate of drug-likeness (QED) is 0.453. The van der Waals surface area contributed by atoms with Gasteiger partial charge >= 0.3 is 11.7 Å². The molecule has 1 aliphatic rings. The number of esters is 1. The lowest BCUT2D eigenvalue weighted by Gasteiger charge is -2.29. The Labute approximate surface area is 184 Å². The van der Waals surface area contributed by atoms with Crippen LogP contribution >= 0.6 is 0 Å². The molecule has 1 atom stereocenters. The van der Waals surface area contributed by atoms with Crippen molar-refractivity contribution in [2.45, 2.75) is 32.9 Å². The van der Waals surface area contributed by atoms with Crippen LogP contribution in [0.4, 0.5) is 0 Å². The topological polar surface area (TPSA) is 143 Å². The molecule has 0 radical (unpaired) electrons. The van der Waals surface area contributed by atoms with E-state index in [1.165, 1.54) is 34.5 Å². The van der Waals surface area contributed by atoms with E-state index in [1.807, 2.05) is 13.8 Å². The molecule has 176 valence electrons. The van der Waals surface area contributed by atoms with E-state index in [-0.39, 0.29) is 35.1 Å². The third-order valence-electron chi connectivity index (χ3n) is 5.40. The zero-order valence-corrected chi connectivity index (χ0v) is 19.3. The SMILES string of the molecule is CC(C)CN(C(=O)COC(=O)Cn1cnc2c1c(=O)n(C)c(=O)n2C)C1CCS(=O)(=O)C1. The van der Waals surface area contributed by atoms with E-state index in [9.17, 15) is 27.6 Å². The number of fused-ring (bicyclic) bond motifs is 1. The molecule has 1 fully saturated rings. The minimum atomic E-state index is -3.18. The summed E-state index contributed by atoms with van der Waals surface area (Å²) < 4.78 is 32.1. The number of carbonyl (C=O) groups excluding carboxylic acids is 2. The Hall–Kier alpha value is -2.96. The van der Waals surface area contributed by atoms with Crippen LogP contribution in [0.25, 0.3) is 11.2 Å². The maximum absolute atomic E-state index is 12.7. The fourth-order valence-electron chi connectivity index (χ4n) is 3.80. The van der Waals surface area contributed by atoms with Crippen molar-refractivity contribution < 1.29 is 22.7 Å². The van der Waals surface area contributed by atoms with Crippen molar-refractivity contribution >= 4 is 32.9 Å². The Morgan fingerprint density at radius 3 is 2.53 bits per heavy atom. The minimum Gasteiger partial charge on any atom is -0.454 e. The number of amides is 1. The number of imidazole rings is 1. The van der Waals surface area contributed by atoms with E-state index in [1.54, 1.807) is 0 Å². The summed E-state index contributed by atoms with van der Waals surface area (Å²) in [6.45, 7) is 3.26. The van der Waals surface area contributed by atoms with Gasteiger partial charge in [-0.1, -0.05) is 13.8 Å². The molecule has 0 N–H and O–H groups in total. The van der Waals surface area contributed by atoms with Crippen molar-refractivity contribution in [2.75, 3.05) is 24.7 Å². The molecule has 0 bridgehead atoms. The molecule has 32 heavy (non-hydrogen) atoms. The molecule has 13 heteroatoms. The van der Waals surface area contributed by atoms with Crippen molar-refractivity contribution in [2.24, 2.45) is 20.0 Å². The summed E-state index contributed by atoms with van der Waals surface area (Å²) in [7, 11) is -0.391. The zero-order chi connectivity index (χ0) is 23.8. The standard InChI is InChI=1S/C19H27N5O7S/c1-12(2)7-24(13-5-6-32(29,30)10-13)14(25)9-31-15(26)8-23-11-20-17-16(23)18(27)22(4)19(28)21(17)3/h11-13H,5-10H2,1-4H3. The summed E-state index contributed by atoms with van der Waals surface area (Å²) in [5, 5.41) is 0. The Morgan fingerprint density at radius 2 is 1.94 bits per heavy atom. The number of rotatable bonds is 7. The molecular formula is C19H27N5O7S. The average Bonchev–Trinajstić information content (AvgIpc) is 3.29. The van der Waals surface area contributed by atoms with E-state index in [0.29, 0.717) is 13.0 Å². The van der Waals surface area contributed by atoms with E-state index < -0.39 is 45.6 Å². The Kier molecular flexibility index (Phi) is 6.58. The van der Waals surface area contributed by atoms with E-state index >= 15 is 0 Å². The molecule has 1 unspecified atom stereocenters. The predicted molar refractivity (Wildman–Crippen MR) is 115 cm³/mol. The van der Waals surface area contributed by atoms with Gasteiger partial charge in [0.1, 0.15) is 6.54 Å². The van der Waals surface area contributed by atoms with Crippen LogP contribution in [0.5, 0.6) is 0 Å². The number of aromatic nitrogens is 4. The summed E-state index contributed by atoms with van der Waals surface area (Å²) in [5.74, 6) is -1.19. The highest BCUT2D eigenvalue weighted by Crippen LogP contribution is 2.19. The molecule has 1 saturated heterocycles. The summed E-state index contributed by atoms with van der Waals surface area (Å²) in [5.41, 5.74) is -0.946. The van der Waals surface area contributed by atoms with Crippen LogP contribution in [-0.4, -0.2) is 74.6 Å². The third-order valence-corrected chi connectivity index (χ3v) is 7.15. The molecule has 0 aromatic carbocycles. The number of sulfone groups is 1. The molecule has 2 aromatic heterocycles. The van der Waals surface area contributed by atoms with Crippen LogP contribution in [0.2, 0.25) is 0 Å². The first kappa shape index (κ1) is 23.7. The molecule has 0 aliphatic carbocycles. The highest BCUT2D eigenvalue weighted by Gasteiger charge is 2.35. The normalized spacial score (nSPS) is 17.7. The van der Waals surface area contributed by atoms with Gasteiger partial charge in [0.25, 0.3) is 11.5 Å². The molecular weight excluding hydrogens is 442 g/mol. The van der Waals surface area contributed by atoms with Crippen LogP contribution in [0.1, 0.15) is 20.3 Å². The molecule has 0 saturated carbocycles. The van der Waals surface area contributed by atoms with Crippen LogP contribution in [0.3, 0.4) is 0 Å². The molecule has 2 aromatic rings. The first-order valence-corrected chi connectivity index (χ1v) is 12.0. The van der Waals surface area contributed by atoms with Crippen molar-refractivity contribution in [1.82, 2.24) is 23.6 Å². The van der Waals surface area contributed by atoms with E-state index in [0.717, 1.165) is 4.57 Å². The second-order valence-corrected chi connectivity index (χ2v) is 10.6. The molecule has 12 nitrogen and oxygen atoms in total. The summed E-state index contributed by atoms with van der Waals surface area (Å²) in [6, 6.07) is -0.435. The highest BCUT2D eigenvalue weighted by molar-refractivity contribution is 7.91. The number of nitrogens with zero attached hydrogens (tertiary/aromatic N) is 5. The minimum absolute atomic E-state index is 0.0322. The first-order chi connectivity index (χ1) is 14.9. The van der Waals surface area contributed by atoms with Crippen LogP contribution < -0.4 is 11.2 Å². The van der Waals surface area contributed by atoms with Crippen molar-refractivity contribution in [3.8, 4) is 0 Å².